The quantitative estimate of drug-likeness (QED) is 0.392. The Hall–Kier alpha value is 0.420. The van der Waals surface area contributed by atoms with Gasteiger partial charge in [-0.1, -0.05) is 51.9 Å². The fourth-order valence-electron chi connectivity index (χ4n) is 1.90. The van der Waals surface area contributed by atoms with E-state index in [0.29, 0.717) is 0 Å². The topological polar surface area (TPSA) is 17.8 Å². The van der Waals surface area contributed by atoms with Crippen molar-refractivity contribution < 1.29 is 0 Å². The van der Waals surface area contributed by atoms with Crippen molar-refractivity contribution in [1.29, 1.82) is 0 Å². The average Bonchev–Trinajstić information content (AvgIpc) is 2.62. The van der Waals surface area contributed by atoms with Gasteiger partial charge in [0.15, 0.2) is 0 Å². The number of hydrogen-bond donors (Lipinski definition) is 0. The molecule has 0 saturated heterocycles. The molecule has 0 spiro atoms. The lowest BCUT2D eigenvalue weighted by atomic mass is 10.1. The van der Waals surface area contributed by atoms with Crippen LogP contribution in [-0.4, -0.2) is 9.78 Å². The standard InChI is InChI=1S/C13H22BrIN2/c1-2-3-4-5-6-7-8-9-10-17-11-12(14)13(15)16-17/h11H,2-10H2,1H3. The van der Waals surface area contributed by atoms with Crippen LogP contribution in [0.25, 0.3) is 0 Å². The molecule has 1 aromatic heterocycles. The molecule has 0 aliphatic heterocycles. The van der Waals surface area contributed by atoms with Crippen LogP contribution in [0.2, 0.25) is 0 Å². The van der Waals surface area contributed by atoms with E-state index in [9.17, 15) is 0 Å². The van der Waals surface area contributed by atoms with Crippen LogP contribution in [0.15, 0.2) is 10.7 Å². The van der Waals surface area contributed by atoms with Crippen LogP contribution in [0.4, 0.5) is 0 Å². The van der Waals surface area contributed by atoms with E-state index >= 15 is 0 Å². The Bertz CT molecular complexity index is 293. The van der Waals surface area contributed by atoms with E-state index in [-0.39, 0.29) is 0 Å². The van der Waals surface area contributed by atoms with E-state index in [1.165, 1.54) is 51.4 Å². The van der Waals surface area contributed by atoms with E-state index in [1.54, 1.807) is 0 Å². The smallest absolute Gasteiger partial charge is 0.137 e. The number of nitrogens with zero attached hydrogens (tertiary/aromatic N) is 2. The number of rotatable bonds is 9. The maximum absolute atomic E-state index is 4.42. The van der Waals surface area contributed by atoms with Gasteiger partial charge in [0.05, 0.1) is 4.47 Å². The highest BCUT2D eigenvalue weighted by molar-refractivity contribution is 14.1. The van der Waals surface area contributed by atoms with E-state index in [1.807, 2.05) is 4.68 Å². The predicted molar refractivity (Wildman–Crippen MR) is 85.3 cm³/mol. The molecule has 0 atom stereocenters. The summed E-state index contributed by atoms with van der Waals surface area (Å²) in [5.41, 5.74) is 0. The van der Waals surface area contributed by atoms with E-state index < -0.39 is 0 Å². The SMILES string of the molecule is CCCCCCCCCCn1cc(Br)c(I)n1. The molecule has 0 saturated carbocycles. The summed E-state index contributed by atoms with van der Waals surface area (Å²) < 4.78 is 4.21. The molecule has 0 aliphatic rings. The number of halogens is 2. The number of hydrogen-bond acceptors (Lipinski definition) is 1. The molecule has 4 heteroatoms. The van der Waals surface area contributed by atoms with Crippen LogP contribution in [0.1, 0.15) is 58.3 Å². The molecule has 2 nitrogen and oxygen atoms in total. The molecule has 98 valence electrons. The molecule has 1 rings (SSSR count). The third kappa shape index (κ3) is 6.79. The number of unbranched alkanes of at least 4 members (excludes halogenated alkanes) is 7. The second-order valence-electron chi connectivity index (χ2n) is 4.51. The molecule has 0 amide bonds. The molecular weight excluding hydrogens is 391 g/mol. The van der Waals surface area contributed by atoms with Crippen molar-refractivity contribution >= 4 is 38.5 Å². The highest BCUT2D eigenvalue weighted by atomic mass is 127. The van der Waals surface area contributed by atoms with Gasteiger partial charge in [-0.3, -0.25) is 4.68 Å². The highest BCUT2D eigenvalue weighted by Crippen LogP contribution is 2.17. The minimum absolute atomic E-state index is 1.05. The van der Waals surface area contributed by atoms with Crippen LogP contribution in [0.5, 0.6) is 0 Å². The molecule has 0 fully saturated rings. The lowest BCUT2D eigenvalue weighted by Crippen LogP contribution is -1.98. The summed E-state index contributed by atoms with van der Waals surface area (Å²) in [6.45, 7) is 3.32. The van der Waals surface area contributed by atoms with Crippen molar-refractivity contribution in [3.05, 3.63) is 14.4 Å². The lowest BCUT2D eigenvalue weighted by Gasteiger charge is -2.02. The Balaban J connectivity index is 1.97. The van der Waals surface area contributed by atoms with Crippen molar-refractivity contribution in [3.8, 4) is 0 Å². The first-order valence-electron chi connectivity index (χ1n) is 6.62. The summed E-state index contributed by atoms with van der Waals surface area (Å²) in [5, 5.41) is 4.42. The maximum Gasteiger partial charge on any atom is 0.137 e. The summed E-state index contributed by atoms with van der Waals surface area (Å²) in [7, 11) is 0. The van der Waals surface area contributed by atoms with Crippen LogP contribution in [0, 0.1) is 3.70 Å². The van der Waals surface area contributed by atoms with E-state index in [4.69, 9.17) is 0 Å². The lowest BCUT2D eigenvalue weighted by molar-refractivity contribution is 0.518. The third-order valence-electron chi connectivity index (χ3n) is 2.92. The fourth-order valence-corrected chi connectivity index (χ4v) is 2.63. The average molecular weight is 413 g/mol. The summed E-state index contributed by atoms with van der Waals surface area (Å²) in [5.74, 6) is 0. The summed E-state index contributed by atoms with van der Waals surface area (Å²) >= 11 is 5.74. The predicted octanol–water partition coefficient (Wildman–Crippen LogP) is 5.39. The zero-order chi connectivity index (χ0) is 12.5. The first-order chi connectivity index (χ1) is 8.24. The normalized spacial score (nSPS) is 11.0. The maximum atomic E-state index is 4.42. The van der Waals surface area contributed by atoms with Gasteiger partial charge in [0.1, 0.15) is 3.70 Å². The van der Waals surface area contributed by atoms with Gasteiger partial charge in [0.25, 0.3) is 0 Å². The van der Waals surface area contributed by atoms with Crippen molar-refractivity contribution in [3.63, 3.8) is 0 Å². The molecule has 0 bridgehead atoms. The van der Waals surface area contributed by atoms with Crippen LogP contribution < -0.4 is 0 Å². The zero-order valence-electron chi connectivity index (χ0n) is 10.6. The molecule has 17 heavy (non-hydrogen) atoms. The molecule has 0 unspecified atom stereocenters. The Morgan fingerprint density at radius 2 is 1.71 bits per heavy atom. The molecule has 1 heterocycles. The van der Waals surface area contributed by atoms with Gasteiger partial charge in [0, 0.05) is 12.7 Å². The van der Waals surface area contributed by atoms with Gasteiger partial charge < -0.3 is 0 Å². The second kappa shape index (κ2) is 9.36. The van der Waals surface area contributed by atoms with Gasteiger partial charge >= 0.3 is 0 Å². The van der Waals surface area contributed by atoms with Crippen LogP contribution in [0.3, 0.4) is 0 Å². The van der Waals surface area contributed by atoms with Crippen molar-refractivity contribution in [1.82, 2.24) is 9.78 Å². The van der Waals surface area contributed by atoms with Gasteiger partial charge in [-0.2, -0.15) is 5.10 Å². The Morgan fingerprint density at radius 3 is 2.24 bits per heavy atom. The largest absolute Gasteiger partial charge is 0.271 e. The third-order valence-corrected chi connectivity index (χ3v) is 5.03. The molecule has 0 N–H and O–H groups in total. The first kappa shape index (κ1) is 15.5. The zero-order valence-corrected chi connectivity index (χ0v) is 14.3. The van der Waals surface area contributed by atoms with Crippen molar-refractivity contribution in [2.75, 3.05) is 0 Å². The first-order valence-corrected chi connectivity index (χ1v) is 8.49. The van der Waals surface area contributed by atoms with Crippen LogP contribution in [-0.2, 0) is 6.54 Å². The Labute approximate surface area is 127 Å². The fraction of sp³-hybridized carbons (Fsp3) is 0.769. The summed E-state index contributed by atoms with van der Waals surface area (Å²) in [6.07, 6.45) is 13.0. The van der Waals surface area contributed by atoms with Crippen molar-refractivity contribution in [2.45, 2.75) is 64.8 Å². The minimum Gasteiger partial charge on any atom is -0.271 e. The van der Waals surface area contributed by atoms with E-state index in [0.717, 1.165) is 14.7 Å². The molecule has 0 aromatic carbocycles. The Kier molecular flexibility index (Phi) is 8.52. The molecule has 0 radical (unpaired) electrons. The Morgan fingerprint density at radius 1 is 1.12 bits per heavy atom. The van der Waals surface area contributed by atoms with Gasteiger partial charge in [-0.25, -0.2) is 0 Å². The van der Waals surface area contributed by atoms with Gasteiger partial charge in [-0.15, -0.1) is 0 Å². The molecular formula is C13H22BrIN2. The number of aryl methyl sites for hydroxylation is 1. The number of aromatic nitrogens is 2. The second-order valence-corrected chi connectivity index (χ2v) is 6.38. The highest BCUT2D eigenvalue weighted by Gasteiger charge is 2.01. The van der Waals surface area contributed by atoms with Crippen LogP contribution >= 0.6 is 38.5 Å². The van der Waals surface area contributed by atoms with Crippen molar-refractivity contribution in [2.24, 2.45) is 0 Å². The van der Waals surface area contributed by atoms with Gasteiger partial charge in [0.2, 0.25) is 0 Å². The molecule has 0 aliphatic carbocycles. The minimum atomic E-state index is 1.05. The van der Waals surface area contributed by atoms with Gasteiger partial charge in [-0.05, 0) is 44.9 Å². The summed E-state index contributed by atoms with van der Waals surface area (Å²) in [6, 6.07) is 0. The monoisotopic (exact) mass is 412 g/mol. The van der Waals surface area contributed by atoms with E-state index in [2.05, 4.69) is 56.7 Å². The molecule has 1 aromatic rings. The summed E-state index contributed by atoms with van der Waals surface area (Å²) in [4.78, 5) is 0.